The minimum Gasteiger partial charge on any atom is -0.378 e. The van der Waals surface area contributed by atoms with Crippen LogP contribution in [-0.4, -0.2) is 84.2 Å². The van der Waals surface area contributed by atoms with E-state index in [9.17, 15) is 9.59 Å². The zero-order chi connectivity index (χ0) is 19.2. The molecular formula is C19H31N5O3. The Balaban J connectivity index is 1.46. The van der Waals surface area contributed by atoms with E-state index in [2.05, 4.69) is 10.3 Å². The molecule has 3 heterocycles. The van der Waals surface area contributed by atoms with Gasteiger partial charge in [-0.05, 0) is 12.8 Å². The third-order valence-corrected chi connectivity index (χ3v) is 5.56. The van der Waals surface area contributed by atoms with Gasteiger partial charge in [-0.3, -0.25) is 9.59 Å². The Bertz CT molecular complexity index is 641. The lowest BCUT2D eigenvalue weighted by Crippen LogP contribution is -2.51. The normalized spacial score (nSPS) is 23.3. The maximum atomic E-state index is 12.8. The van der Waals surface area contributed by atoms with Crippen LogP contribution >= 0.6 is 0 Å². The van der Waals surface area contributed by atoms with Crippen LogP contribution in [-0.2, 0) is 27.8 Å². The molecule has 3 rings (SSSR count). The van der Waals surface area contributed by atoms with Crippen LogP contribution in [0.1, 0.15) is 18.7 Å². The van der Waals surface area contributed by atoms with Crippen molar-refractivity contribution in [2.45, 2.75) is 19.3 Å². The summed E-state index contributed by atoms with van der Waals surface area (Å²) < 4.78 is 7.33. The minimum absolute atomic E-state index is 0.119. The van der Waals surface area contributed by atoms with Crippen LogP contribution in [0.3, 0.4) is 0 Å². The summed E-state index contributed by atoms with van der Waals surface area (Å²) >= 11 is 0. The van der Waals surface area contributed by atoms with E-state index in [-0.39, 0.29) is 23.7 Å². The molecule has 2 aliphatic rings. The summed E-state index contributed by atoms with van der Waals surface area (Å²) in [5.41, 5.74) is 0. The van der Waals surface area contributed by atoms with Crippen molar-refractivity contribution in [3.05, 3.63) is 18.2 Å². The highest BCUT2D eigenvalue weighted by Crippen LogP contribution is 2.21. The van der Waals surface area contributed by atoms with Crippen LogP contribution in [0.4, 0.5) is 0 Å². The van der Waals surface area contributed by atoms with Gasteiger partial charge in [0.05, 0.1) is 25.0 Å². The summed E-state index contributed by atoms with van der Waals surface area (Å²) in [7, 11) is 3.84. The molecule has 0 unspecified atom stereocenters. The molecule has 0 saturated carbocycles. The molecule has 8 heteroatoms. The molecule has 0 bridgehead atoms. The van der Waals surface area contributed by atoms with Crippen LogP contribution in [0.5, 0.6) is 0 Å². The van der Waals surface area contributed by atoms with E-state index in [4.69, 9.17) is 4.74 Å². The van der Waals surface area contributed by atoms with Gasteiger partial charge >= 0.3 is 0 Å². The van der Waals surface area contributed by atoms with Gasteiger partial charge in [-0.25, -0.2) is 4.98 Å². The van der Waals surface area contributed by atoms with Crippen LogP contribution in [0, 0.1) is 11.8 Å². The van der Waals surface area contributed by atoms with Crippen molar-refractivity contribution in [2.24, 2.45) is 18.9 Å². The number of nitrogens with zero attached hydrogens (tertiary/aromatic N) is 4. The first kappa shape index (κ1) is 19.8. The standard InChI is InChI=1S/C19H31N5O3/c1-22-7-5-21-17(22)4-3-6-23(2)18(25)15-12-16(14-20-13-15)19(26)24-8-10-27-11-9-24/h5,7,15-16,20H,3-4,6,8-14H2,1-2H3/t15-,16-/m0/s1. The number of rotatable bonds is 6. The van der Waals surface area contributed by atoms with Gasteiger partial charge < -0.3 is 24.4 Å². The number of aromatic nitrogens is 2. The molecule has 27 heavy (non-hydrogen) atoms. The van der Waals surface area contributed by atoms with Crippen molar-refractivity contribution in [3.63, 3.8) is 0 Å². The zero-order valence-electron chi connectivity index (χ0n) is 16.4. The fourth-order valence-corrected chi connectivity index (χ4v) is 3.89. The first-order valence-electron chi connectivity index (χ1n) is 9.84. The third-order valence-electron chi connectivity index (χ3n) is 5.56. The van der Waals surface area contributed by atoms with Crippen molar-refractivity contribution in [1.29, 1.82) is 0 Å². The Hall–Kier alpha value is -1.93. The van der Waals surface area contributed by atoms with E-state index in [1.54, 1.807) is 11.1 Å². The number of piperidine rings is 1. The van der Waals surface area contributed by atoms with E-state index in [0.717, 1.165) is 18.7 Å². The first-order chi connectivity index (χ1) is 13.1. The number of imidazole rings is 1. The van der Waals surface area contributed by atoms with Gasteiger partial charge in [0, 0.05) is 65.6 Å². The molecule has 0 spiro atoms. The second kappa shape index (κ2) is 9.32. The van der Waals surface area contributed by atoms with Crippen LogP contribution in [0.25, 0.3) is 0 Å². The van der Waals surface area contributed by atoms with Crippen LogP contribution in [0.15, 0.2) is 12.4 Å². The number of hydrogen-bond donors (Lipinski definition) is 1. The smallest absolute Gasteiger partial charge is 0.227 e. The average Bonchev–Trinajstić information content (AvgIpc) is 3.12. The van der Waals surface area contributed by atoms with Gasteiger partial charge in [-0.2, -0.15) is 0 Å². The molecule has 1 N–H and O–H groups in total. The molecule has 2 atom stereocenters. The predicted octanol–water partition coefficient (Wildman–Crippen LogP) is -0.104. The van der Waals surface area contributed by atoms with Crippen molar-refractivity contribution in [3.8, 4) is 0 Å². The molecule has 1 aromatic heterocycles. The topological polar surface area (TPSA) is 79.7 Å². The highest BCUT2D eigenvalue weighted by Gasteiger charge is 2.34. The van der Waals surface area contributed by atoms with Crippen LogP contribution < -0.4 is 5.32 Å². The van der Waals surface area contributed by atoms with Gasteiger partial charge in [0.1, 0.15) is 5.82 Å². The summed E-state index contributed by atoms with van der Waals surface area (Å²) in [6.45, 7) is 4.52. The summed E-state index contributed by atoms with van der Waals surface area (Å²) in [5, 5.41) is 3.29. The Morgan fingerprint density at radius 2 is 2.04 bits per heavy atom. The number of aryl methyl sites for hydroxylation is 2. The summed E-state index contributed by atoms with van der Waals surface area (Å²) in [6, 6.07) is 0. The lowest BCUT2D eigenvalue weighted by molar-refractivity contribution is -0.142. The van der Waals surface area contributed by atoms with Crippen LogP contribution in [0.2, 0.25) is 0 Å². The van der Waals surface area contributed by atoms with E-state index < -0.39 is 0 Å². The van der Waals surface area contributed by atoms with E-state index in [0.29, 0.717) is 52.4 Å². The Morgan fingerprint density at radius 1 is 1.30 bits per heavy atom. The summed E-state index contributed by atoms with van der Waals surface area (Å²) in [4.78, 5) is 33.5. The van der Waals surface area contributed by atoms with Gasteiger partial charge in [0.15, 0.2) is 0 Å². The second-order valence-electron chi connectivity index (χ2n) is 7.54. The molecule has 0 aromatic carbocycles. The van der Waals surface area contributed by atoms with Crippen molar-refractivity contribution in [2.75, 3.05) is 53.0 Å². The lowest BCUT2D eigenvalue weighted by atomic mass is 9.88. The molecule has 2 fully saturated rings. The quantitative estimate of drug-likeness (QED) is 0.749. The number of ether oxygens (including phenoxy) is 1. The lowest BCUT2D eigenvalue weighted by Gasteiger charge is -2.35. The average molecular weight is 377 g/mol. The number of nitrogens with one attached hydrogen (secondary N) is 1. The molecule has 150 valence electrons. The Kier molecular flexibility index (Phi) is 6.84. The molecule has 0 aliphatic carbocycles. The van der Waals surface area contributed by atoms with Gasteiger partial charge in [0.25, 0.3) is 0 Å². The molecule has 2 aliphatic heterocycles. The Morgan fingerprint density at radius 3 is 2.74 bits per heavy atom. The number of amides is 2. The van der Waals surface area contributed by atoms with E-state index >= 15 is 0 Å². The van der Waals surface area contributed by atoms with E-state index in [1.807, 2.05) is 29.8 Å². The van der Waals surface area contributed by atoms with Crippen molar-refractivity contribution >= 4 is 11.8 Å². The molecule has 2 saturated heterocycles. The predicted molar refractivity (Wildman–Crippen MR) is 101 cm³/mol. The molecule has 0 radical (unpaired) electrons. The largest absolute Gasteiger partial charge is 0.378 e. The molecule has 2 amide bonds. The maximum Gasteiger partial charge on any atom is 0.227 e. The van der Waals surface area contributed by atoms with Gasteiger partial charge in [-0.1, -0.05) is 0 Å². The molecular weight excluding hydrogens is 346 g/mol. The highest BCUT2D eigenvalue weighted by molar-refractivity contribution is 5.83. The van der Waals surface area contributed by atoms with E-state index in [1.165, 1.54) is 0 Å². The number of carbonyl (C=O) groups excluding carboxylic acids is 2. The number of carbonyl (C=O) groups is 2. The monoisotopic (exact) mass is 377 g/mol. The molecule has 1 aromatic rings. The third kappa shape index (κ3) is 5.07. The molecule has 8 nitrogen and oxygen atoms in total. The van der Waals surface area contributed by atoms with Gasteiger partial charge in [-0.15, -0.1) is 0 Å². The summed E-state index contributed by atoms with van der Waals surface area (Å²) in [6.07, 6.45) is 6.09. The van der Waals surface area contributed by atoms with Gasteiger partial charge in [0.2, 0.25) is 11.8 Å². The van der Waals surface area contributed by atoms with Crippen molar-refractivity contribution < 1.29 is 14.3 Å². The highest BCUT2D eigenvalue weighted by atomic mass is 16.5. The SMILES string of the molecule is CN(CCCc1nccn1C)C(=O)[C@@H]1CNC[C@@H](C(=O)N2CCOCC2)C1. The fourth-order valence-electron chi connectivity index (χ4n) is 3.89. The number of morpholine rings is 1. The zero-order valence-corrected chi connectivity index (χ0v) is 16.4. The van der Waals surface area contributed by atoms with Crippen molar-refractivity contribution in [1.82, 2.24) is 24.7 Å². The maximum absolute atomic E-state index is 12.8. The Labute approximate surface area is 160 Å². The minimum atomic E-state index is -0.132. The number of hydrogen-bond acceptors (Lipinski definition) is 5. The summed E-state index contributed by atoms with van der Waals surface area (Å²) in [5.74, 6) is 1.06. The fraction of sp³-hybridized carbons (Fsp3) is 0.737. The second-order valence-corrected chi connectivity index (χ2v) is 7.54. The first-order valence-corrected chi connectivity index (χ1v) is 9.84.